The Morgan fingerprint density at radius 1 is 1.29 bits per heavy atom. The molecule has 0 radical (unpaired) electrons. The van der Waals surface area contributed by atoms with Gasteiger partial charge >= 0.3 is 5.97 Å². The standard InChI is InChI=1S/C11H20O6/c1-5(2)10(14)17-9-7(12)6(3)16-11(15-4)8(9)13/h5-9,11-13H,1-4H3/t6-,7+,8-,9+,11+/m0/s1. The van der Waals surface area contributed by atoms with E-state index in [-0.39, 0.29) is 5.92 Å². The molecule has 0 amide bonds. The number of methoxy groups -OCH3 is 1. The number of rotatable bonds is 3. The molecule has 6 nitrogen and oxygen atoms in total. The lowest BCUT2D eigenvalue weighted by atomic mass is 9.99. The van der Waals surface area contributed by atoms with Crippen LogP contribution in [0.15, 0.2) is 0 Å². The van der Waals surface area contributed by atoms with Gasteiger partial charge in [0, 0.05) is 7.11 Å². The maximum atomic E-state index is 11.5. The van der Waals surface area contributed by atoms with Crippen LogP contribution < -0.4 is 0 Å². The predicted molar refractivity (Wildman–Crippen MR) is 58.1 cm³/mol. The lowest BCUT2D eigenvalue weighted by Gasteiger charge is -2.40. The van der Waals surface area contributed by atoms with E-state index >= 15 is 0 Å². The number of hydrogen-bond acceptors (Lipinski definition) is 6. The SMILES string of the molecule is CO[C@@H]1O[C@@H](C)[C@@H](O)[C@@H](OC(=O)C(C)C)[C@@H]1O. The van der Waals surface area contributed by atoms with Crippen molar-refractivity contribution < 1.29 is 29.2 Å². The second kappa shape index (κ2) is 5.77. The molecule has 1 heterocycles. The molecule has 1 rings (SSSR count). The Labute approximate surface area is 100 Å². The van der Waals surface area contributed by atoms with Gasteiger partial charge in [0.05, 0.1) is 12.0 Å². The zero-order chi connectivity index (χ0) is 13.2. The van der Waals surface area contributed by atoms with Crippen LogP contribution >= 0.6 is 0 Å². The van der Waals surface area contributed by atoms with Crippen molar-refractivity contribution in [3.8, 4) is 0 Å². The first-order valence-corrected chi connectivity index (χ1v) is 5.63. The number of esters is 1. The maximum Gasteiger partial charge on any atom is 0.308 e. The van der Waals surface area contributed by atoms with Crippen LogP contribution in [0.4, 0.5) is 0 Å². The molecule has 6 heteroatoms. The molecule has 1 saturated heterocycles. The van der Waals surface area contributed by atoms with E-state index in [1.54, 1.807) is 20.8 Å². The van der Waals surface area contributed by atoms with Crippen LogP contribution in [0.3, 0.4) is 0 Å². The van der Waals surface area contributed by atoms with Gasteiger partial charge in [-0.15, -0.1) is 0 Å². The lowest BCUT2D eigenvalue weighted by Crippen LogP contribution is -2.58. The van der Waals surface area contributed by atoms with E-state index in [1.165, 1.54) is 7.11 Å². The molecule has 0 aromatic carbocycles. The van der Waals surface area contributed by atoms with Crippen molar-refractivity contribution in [1.82, 2.24) is 0 Å². The first-order valence-electron chi connectivity index (χ1n) is 5.63. The summed E-state index contributed by atoms with van der Waals surface area (Å²) in [6.07, 6.45) is -4.78. The Morgan fingerprint density at radius 2 is 1.88 bits per heavy atom. The summed E-state index contributed by atoms with van der Waals surface area (Å²) in [5, 5.41) is 19.7. The molecule has 0 aliphatic carbocycles. The van der Waals surface area contributed by atoms with Crippen molar-refractivity contribution in [2.45, 2.75) is 51.5 Å². The molecule has 0 spiro atoms. The fourth-order valence-corrected chi connectivity index (χ4v) is 1.60. The van der Waals surface area contributed by atoms with Crippen LogP contribution in [-0.2, 0) is 19.0 Å². The minimum Gasteiger partial charge on any atom is -0.456 e. The number of aliphatic hydroxyl groups is 2. The van der Waals surface area contributed by atoms with Gasteiger partial charge in [-0.25, -0.2) is 0 Å². The van der Waals surface area contributed by atoms with E-state index in [4.69, 9.17) is 14.2 Å². The summed E-state index contributed by atoms with van der Waals surface area (Å²) < 4.78 is 15.2. The van der Waals surface area contributed by atoms with Crippen LogP contribution in [0.5, 0.6) is 0 Å². The van der Waals surface area contributed by atoms with E-state index in [0.29, 0.717) is 0 Å². The van der Waals surface area contributed by atoms with Crippen molar-refractivity contribution in [1.29, 1.82) is 0 Å². The summed E-state index contributed by atoms with van der Waals surface area (Å²) in [7, 11) is 1.37. The highest BCUT2D eigenvalue weighted by Crippen LogP contribution is 2.24. The normalized spacial score (nSPS) is 38.2. The Morgan fingerprint density at radius 3 is 2.35 bits per heavy atom. The first-order chi connectivity index (χ1) is 7.88. The third-order valence-corrected chi connectivity index (χ3v) is 2.74. The molecule has 1 fully saturated rings. The first kappa shape index (κ1) is 14.4. The Kier molecular flexibility index (Phi) is 4.88. The zero-order valence-corrected chi connectivity index (χ0v) is 10.5. The summed E-state index contributed by atoms with van der Waals surface area (Å²) in [6, 6.07) is 0. The van der Waals surface area contributed by atoms with Gasteiger partial charge in [0.15, 0.2) is 12.4 Å². The fourth-order valence-electron chi connectivity index (χ4n) is 1.60. The number of hydrogen-bond donors (Lipinski definition) is 2. The van der Waals surface area contributed by atoms with Crippen molar-refractivity contribution >= 4 is 5.97 Å². The summed E-state index contributed by atoms with van der Waals surface area (Å²) in [5.74, 6) is -0.800. The molecule has 1 aliphatic rings. The second-order valence-electron chi connectivity index (χ2n) is 4.48. The van der Waals surface area contributed by atoms with E-state index < -0.39 is 36.7 Å². The number of aliphatic hydroxyl groups excluding tert-OH is 2. The summed E-state index contributed by atoms with van der Waals surface area (Å²) >= 11 is 0. The monoisotopic (exact) mass is 248 g/mol. The summed E-state index contributed by atoms with van der Waals surface area (Å²) in [4.78, 5) is 11.5. The quantitative estimate of drug-likeness (QED) is 0.665. The number of carbonyl (C=O) groups is 1. The average molecular weight is 248 g/mol. The maximum absolute atomic E-state index is 11.5. The van der Waals surface area contributed by atoms with E-state index in [9.17, 15) is 15.0 Å². The molecule has 17 heavy (non-hydrogen) atoms. The van der Waals surface area contributed by atoms with Gasteiger partial charge in [0.25, 0.3) is 0 Å². The Balaban J connectivity index is 2.75. The predicted octanol–water partition coefficient (Wildman–Crippen LogP) is -0.333. The second-order valence-corrected chi connectivity index (χ2v) is 4.48. The molecule has 0 bridgehead atoms. The van der Waals surface area contributed by atoms with Gasteiger partial charge in [-0.1, -0.05) is 13.8 Å². The summed E-state index contributed by atoms with van der Waals surface area (Å²) in [5.41, 5.74) is 0. The van der Waals surface area contributed by atoms with Crippen LogP contribution in [0.2, 0.25) is 0 Å². The van der Waals surface area contributed by atoms with E-state index in [0.717, 1.165) is 0 Å². The Hall–Kier alpha value is -0.690. The molecule has 0 saturated carbocycles. The van der Waals surface area contributed by atoms with Gasteiger partial charge in [0.2, 0.25) is 0 Å². The minimum absolute atomic E-state index is 0.325. The van der Waals surface area contributed by atoms with Crippen molar-refractivity contribution in [2.24, 2.45) is 5.92 Å². The fraction of sp³-hybridized carbons (Fsp3) is 0.909. The molecule has 5 atom stereocenters. The van der Waals surface area contributed by atoms with E-state index in [1.807, 2.05) is 0 Å². The summed E-state index contributed by atoms with van der Waals surface area (Å²) in [6.45, 7) is 4.98. The van der Waals surface area contributed by atoms with Crippen LogP contribution in [0.1, 0.15) is 20.8 Å². The van der Waals surface area contributed by atoms with Crippen LogP contribution in [0, 0.1) is 5.92 Å². The third-order valence-electron chi connectivity index (χ3n) is 2.74. The van der Waals surface area contributed by atoms with Crippen molar-refractivity contribution in [3.05, 3.63) is 0 Å². The molecule has 0 aromatic heterocycles. The molecular weight excluding hydrogens is 228 g/mol. The van der Waals surface area contributed by atoms with Crippen LogP contribution in [-0.4, -0.2) is 54.0 Å². The number of carbonyl (C=O) groups excluding carboxylic acids is 1. The smallest absolute Gasteiger partial charge is 0.308 e. The molecule has 100 valence electrons. The van der Waals surface area contributed by atoms with Gasteiger partial charge in [-0.3, -0.25) is 4.79 Å². The molecule has 2 N–H and O–H groups in total. The van der Waals surface area contributed by atoms with Gasteiger partial charge in [-0.2, -0.15) is 0 Å². The minimum atomic E-state index is -1.20. The van der Waals surface area contributed by atoms with Crippen molar-refractivity contribution in [2.75, 3.05) is 7.11 Å². The van der Waals surface area contributed by atoms with Crippen molar-refractivity contribution in [3.63, 3.8) is 0 Å². The molecule has 0 unspecified atom stereocenters. The largest absolute Gasteiger partial charge is 0.456 e. The highest BCUT2D eigenvalue weighted by atomic mass is 16.7. The lowest BCUT2D eigenvalue weighted by molar-refractivity contribution is -0.289. The van der Waals surface area contributed by atoms with Gasteiger partial charge in [0.1, 0.15) is 12.2 Å². The highest BCUT2D eigenvalue weighted by Gasteiger charge is 2.45. The van der Waals surface area contributed by atoms with Crippen LogP contribution in [0.25, 0.3) is 0 Å². The molecule has 0 aromatic rings. The molecular formula is C11H20O6. The molecule has 1 aliphatic heterocycles. The van der Waals surface area contributed by atoms with Gasteiger partial charge < -0.3 is 24.4 Å². The zero-order valence-electron chi connectivity index (χ0n) is 10.5. The topological polar surface area (TPSA) is 85.2 Å². The Bertz CT molecular complexity index is 267. The average Bonchev–Trinajstić information content (AvgIpc) is 2.28. The third kappa shape index (κ3) is 3.16. The number of ether oxygens (including phenoxy) is 3. The van der Waals surface area contributed by atoms with Gasteiger partial charge in [-0.05, 0) is 6.92 Å². The highest BCUT2D eigenvalue weighted by molar-refractivity contribution is 5.71. The van der Waals surface area contributed by atoms with E-state index in [2.05, 4.69) is 0 Å².